The number of para-hydroxylation sites is 1. The molecule has 0 amide bonds. The number of hydrogen-bond acceptors (Lipinski definition) is 8. The number of nitro groups is 1. The lowest BCUT2D eigenvalue weighted by Crippen LogP contribution is -2.48. The van der Waals surface area contributed by atoms with Crippen LogP contribution in [0.5, 0.6) is 11.5 Å². The van der Waals surface area contributed by atoms with Crippen LogP contribution in [-0.2, 0) is 0 Å². The number of rotatable bonds is 6. The van der Waals surface area contributed by atoms with Crippen LogP contribution in [0.4, 0.5) is 11.4 Å². The van der Waals surface area contributed by atoms with Gasteiger partial charge in [-0.05, 0) is 29.3 Å². The predicted octanol–water partition coefficient (Wildman–Crippen LogP) is 5.93. The number of ether oxygens (including phenoxy) is 2. The van der Waals surface area contributed by atoms with Gasteiger partial charge in [0.25, 0.3) is 5.69 Å². The molecule has 3 aliphatic rings. The number of nitro benzene ring substituents is 1. The van der Waals surface area contributed by atoms with Crippen LogP contribution in [0.3, 0.4) is 0 Å². The predicted molar refractivity (Wildman–Crippen MR) is 163 cm³/mol. The summed E-state index contributed by atoms with van der Waals surface area (Å²) in [6, 6.07) is 23.0. The molecule has 0 saturated carbocycles. The van der Waals surface area contributed by atoms with Crippen LogP contribution in [0.25, 0.3) is 6.08 Å². The second-order valence-corrected chi connectivity index (χ2v) is 11.1. The van der Waals surface area contributed by atoms with Crippen molar-refractivity contribution in [2.24, 2.45) is 5.41 Å². The topological polar surface area (TPSA) is 116 Å². The van der Waals surface area contributed by atoms with Crippen molar-refractivity contribution in [3.05, 3.63) is 135 Å². The Morgan fingerprint density at radius 1 is 0.841 bits per heavy atom. The Labute approximate surface area is 252 Å². The van der Waals surface area contributed by atoms with Gasteiger partial charge in [-0.2, -0.15) is 0 Å². The van der Waals surface area contributed by atoms with E-state index in [-0.39, 0.29) is 22.8 Å². The quantitative estimate of drug-likeness (QED) is 0.118. The zero-order valence-electron chi connectivity index (χ0n) is 23.8. The number of hydrogen-bond donors (Lipinski definition) is 0. The van der Waals surface area contributed by atoms with Crippen LogP contribution in [-0.4, -0.2) is 48.6 Å². The molecule has 44 heavy (non-hydrogen) atoms. The van der Waals surface area contributed by atoms with Gasteiger partial charge in [0.15, 0.2) is 28.8 Å². The maximum Gasteiger partial charge on any atom is 0.270 e. The van der Waals surface area contributed by atoms with Crippen molar-refractivity contribution in [3.63, 3.8) is 0 Å². The number of benzene rings is 4. The van der Waals surface area contributed by atoms with Gasteiger partial charge < -0.3 is 14.4 Å². The minimum atomic E-state index is -1.71. The third-order valence-corrected chi connectivity index (χ3v) is 9.09. The van der Waals surface area contributed by atoms with E-state index < -0.39 is 34.1 Å². The smallest absolute Gasteiger partial charge is 0.270 e. The molecule has 4 aromatic carbocycles. The summed E-state index contributed by atoms with van der Waals surface area (Å²) in [6.07, 6.45) is 3.71. The van der Waals surface area contributed by atoms with Crippen molar-refractivity contribution in [3.8, 4) is 11.5 Å². The second kappa shape index (κ2) is 10.0. The molecule has 1 fully saturated rings. The number of fused-ring (bicyclic) bond motifs is 5. The first-order chi connectivity index (χ1) is 21.3. The highest BCUT2D eigenvalue weighted by Gasteiger charge is 2.71. The molecule has 0 aromatic heterocycles. The summed E-state index contributed by atoms with van der Waals surface area (Å²) in [7, 11) is 2.99. The molecule has 0 bridgehead atoms. The molecule has 2 aliphatic heterocycles. The van der Waals surface area contributed by atoms with E-state index >= 15 is 0 Å². The Balaban J connectivity index is 1.55. The SMILES string of the molecule is COc1ccc([C@@H]2[C@H](C(=O)c3cccc([N+](=O)[O-])c3)N3c4ccccc4C=C[C@H]3C23C(=O)c2ccccc2C3=O)cc1OC. The van der Waals surface area contributed by atoms with Crippen molar-refractivity contribution < 1.29 is 28.8 Å². The van der Waals surface area contributed by atoms with E-state index in [0.29, 0.717) is 33.9 Å². The fraction of sp³-hybridized carbons (Fsp3) is 0.171. The van der Waals surface area contributed by atoms with E-state index in [9.17, 15) is 24.5 Å². The molecule has 218 valence electrons. The zero-order valence-corrected chi connectivity index (χ0v) is 23.8. The number of nitrogens with zero attached hydrogens (tertiary/aromatic N) is 2. The van der Waals surface area contributed by atoms with Crippen molar-refractivity contribution in [1.82, 2.24) is 0 Å². The Bertz CT molecular complexity index is 1890. The third-order valence-electron chi connectivity index (χ3n) is 9.09. The zero-order chi connectivity index (χ0) is 30.7. The van der Waals surface area contributed by atoms with E-state index in [1.807, 2.05) is 41.3 Å². The molecule has 9 nitrogen and oxygen atoms in total. The average molecular weight is 587 g/mol. The number of carbonyl (C=O) groups is 3. The first kappa shape index (κ1) is 27.3. The molecule has 0 radical (unpaired) electrons. The largest absolute Gasteiger partial charge is 0.493 e. The maximum absolute atomic E-state index is 14.8. The molecule has 0 unspecified atom stereocenters. The minimum absolute atomic E-state index is 0.105. The molecule has 4 aromatic rings. The van der Waals surface area contributed by atoms with Gasteiger partial charge in [-0.25, -0.2) is 0 Å². The molecule has 9 heteroatoms. The molecular formula is C35H26N2O7. The van der Waals surface area contributed by atoms with Crippen molar-refractivity contribution >= 4 is 34.8 Å². The number of ketones is 3. The fourth-order valence-electron chi connectivity index (χ4n) is 7.28. The average Bonchev–Trinajstić information content (AvgIpc) is 3.50. The number of Topliss-reactive ketones (excluding diaryl/α,β-unsaturated/α-hetero) is 3. The summed E-state index contributed by atoms with van der Waals surface area (Å²) >= 11 is 0. The van der Waals surface area contributed by atoms with E-state index in [1.165, 1.54) is 38.5 Å². The lowest BCUT2D eigenvalue weighted by atomic mass is 9.64. The molecule has 1 saturated heterocycles. The first-order valence-electron chi connectivity index (χ1n) is 14.1. The Kier molecular flexibility index (Phi) is 6.21. The number of anilines is 1. The summed E-state index contributed by atoms with van der Waals surface area (Å²) in [5.74, 6) is -1.37. The second-order valence-electron chi connectivity index (χ2n) is 11.1. The van der Waals surface area contributed by atoms with Crippen molar-refractivity contribution in [1.29, 1.82) is 0 Å². The summed E-state index contributed by atoms with van der Waals surface area (Å²) < 4.78 is 11.1. The van der Waals surface area contributed by atoms with E-state index in [0.717, 1.165) is 5.56 Å². The van der Waals surface area contributed by atoms with Crippen LogP contribution in [0.2, 0.25) is 0 Å². The standard InChI is InChI=1S/C35H26N2O7/c1-43-27-16-14-21(19-28(27)44-2)30-31(32(38)22-9-7-10-23(18-22)37(41)42)36-26-13-6-3-8-20(26)15-17-29(36)35(30)33(39)24-11-4-5-12-25(24)34(35)40/h3-19,29-31H,1-2H3/t29-,30+,31+/m0/s1. The molecule has 0 N–H and O–H groups in total. The highest BCUT2D eigenvalue weighted by atomic mass is 16.6. The number of carbonyl (C=O) groups excluding carboxylic acids is 3. The molecular weight excluding hydrogens is 560 g/mol. The summed E-state index contributed by atoms with van der Waals surface area (Å²) in [5.41, 5.74) is 0.796. The Morgan fingerprint density at radius 2 is 1.52 bits per heavy atom. The van der Waals surface area contributed by atoms with Gasteiger partial charge in [-0.1, -0.05) is 72.8 Å². The highest BCUT2D eigenvalue weighted by molar-refractivity contribution is 6.32. The van der Waals surface area contributed by atoms with Crippen LogP contribution in [0, 0.1) is 15.5 Å². The number of methoxy groups -OCH3 is 2. The van der Waals surface area contributed by atoms with E-state index in [1.54, 1.807) is 42.5 Å². The third kappa shape index (κ3) is 3.62. The highest BCUT2D eigenvalue weighted by Crippen LogP contribution is 2.61. The van der Waals surface area contributed by atoms with Crippen LogP contribution in [0.15, 0.2) is 97.1 Å². The minimum Gasteiger partial charge on any atom is -0.493 e. The molecule has 2 heterocycles. The van der Waals surface area contributed by atoms with Gasteiger partial charge in [0.05, 0.1) is 25.2 Å². The first-order valence-corrected chi connectivity index (χ1v) is 14.1. The van der Waals surface area contributed by atoms with Crippen LogP contribution >= 0.6 is 0 Å². The lowest BCUT2D eigenvalue weighted by molar-refractivity contribution is -0.384. The van der Waals surface area contributed by atoms with Crippen molar-refractivity contribution in [2.45, 2.75) is 18.0 Å². The van der Waals surface area contributed by atoms with Gasteiger partial charge >= 0.3 is 0 Å². The van der Waals surface area contributed by atoms with E-state index in [2.05, 4.69) is 0 Å². The summed E-state index contributed by atoms with van der Waals surface area (Å²) in [4.78, 5) is 57.3. The fourth-order valence-corrected chi connectivity index (χ4v) is 7.28. The lowest BCUT2D eigenvalue weighted by Gasteiger charge is -2.37. The molecule has 1 spiro atoms. The molecule has 7 rings (SSSR count). The van der Waals surface area contributed by atoms with Crippen molar-refractivity contribution in [2.75, 3.05) is 19.1 Å². The maximum atomic E-state index is 14.8. The van der Waals surface area contributed by atoms with Gasteiger partial charge in [-0.3, -0.25) is 24.5 Å². The van der Waals surface area contributed by atoms with Crippen LogP contribution < -0.4 is 14.4 Å². The normalized spacial score (nSPS) is 20.7. The van der Waals surface area contributed by atoms with Gasteiger partial charge in [0.2, 0.25) is 0 Å². The number of non-ortho nitro benzene ring substituents is 1. The van der Waals surface area contributed by atoms with E-state index in [4.69, 9.17) is 9.47 Å². The molecule has 3 atom stereocenters. The van der Waals surface area contributed by atoms with Gasteiger partial charge in [-0.15, -0.1) is 0 Å². The molecule has 1 aliphatic carbocycles. The Morgan fingerprint density at radius 3 is 2.20 bits per heavy atom. The van der Waals surface area contributed by atoms with Gasteiger partial charge in [0, 0.05) is 40.4 Å². The monoisotopic (exact) mass is 586 g/mol. The van der Waals surface area contributed by atoms with Gasteiger partial charge in [0.1, 0.15) is 11.5 Å². The summed E-state index contributed by atoms with van der Waals surface area (Å²) in [5, 5.41) is 11.7. The van der Waals surface area contributed by atoms with Crippen LogP contribution in [0.1, 0.15) is 48.1 Å². The Hall–Kier alpha value is -5.57. The summed E-state index contributed by atoms with van der Waals surface area (Å²) in [6.45, 7) is 0.